The van der Waals surface area contributed by atoms with Crippen LogP contribution in [0.5, 0.6) is 5.75 Å². The molecule has 122 valence electrons. The molecular formula is C16H19N3O3S. The standard InChI is InChI=1S/C16H19N3O3S/c1-21-15(20)5-4-14-10-18-16(23-14)19-8-6-13(11-19)22-12-3-2-7-17-9-12/h2-3,7,9-10,13H,4-6,8,11H2,1H3/t13-/m0/s1. The molecule has 0 bridgehead atoms. The van der Waals surface area contributed by atoms with Crippen molar-refractivity contribution < 1.29 is 14.3 Å². The van der Waals surface area contributed by atoms with Gasteiger partial charge in [0.2, 0.25) is 0 Å². The van der Waals surface area contributed by atoms with Crippen molar-refractivity contribution in [2.75, 3.05) is 25.1 Å². The quantitative estimate of drug-likeness (QED) is 0.756. The first kappa shape index (κ1) is 15.7. The zero-order chi connectivity index (χ0) is 16.1. The molecule has 0 unspecified atom stereocenters. The Morgan fingerprint density at radius 1 is 1.48 bits per heavy atom. The zero-order valence-electron chi connectivity index (χ0n) is 13.0. The molecule has 0 saturated carbocycles. The van der Waals surface area contributed by atoms with Gasteiger partial charge in [0.05, 0.1) is 26.3 Å². The average Bonchev–Trinajstić information content (AvgIpc) is 3.22. The first-order valence-corrected chi connectivity index (χ1v) is 8.39. The normalized spacial score (nSPS) is 17.3. The maximum Gasteiger partial charge on any atom is 0.305 e. The van der Waals surface area contributed by atoms with Crippen molar-refractivity contribution in [3.8, 4) is 5.75 Å². The first-order chi connectivity index (χ1) is 11.2. The van der Waals surface area contributed by atoms with Crippen LogP contribution < -0.4 is 9.64 Å². The molecule has 1 fully saturated rings. The first-order valence-electron chi connectivity index (χ1n) is 7.58. The highest BCUT2D eigenvalue weighted by Crippen LogP contribution is 2.28. The predicted octanol–water partition coefficient (Wildman–Crippen LogP) is 2.30. The maximum absolute atomic E-state index is 11.2. The van der Waals surface area contributed by atoms with Gasteiger partial charge in [-0.15, -0.1) is 11.3 Å². The van der Waals surface area contributed by atoms with Gasteiger partial charge in [-0.05, 0) is 18.6 Å². The fourth-order valence-corrected chi connectivity index (χ4v) is 3.44. The summed E-state index contributed by atoms with van der Waals surface area (Å²) < 4.78 is 10.6. The number of aryl methyl sites for hydroxylation is 1. The Morgan fingerprint density at radius 3 is 3.17 bits per heavy atom. The monoisotopic (exact) mass is 333 g/mol. The molecule has 1 saturated heterocycles. The number of aromatic nitrogens is 2. The lowest BCUT2D eigenvalue weighted by atomic mass is 10.3. The van der Waals surface area contributed by atoms with Crippen LogP contribution in [0, 0.1) is 0 Å². The lowest BCUT2D eigenvalue weighted by Gasteiger charge is -2.15. The van der Waals surface area contributed by atoms with E-state index in [1.165, 1.54) is 7.11 Å². The Balaban J connectivity index is 1.53. The van der Waals surface area contributed by atoms with Crippen molar-refractivity contribution in [1.82, 2.24) is 9.97 Å². The molecular weight excluding hydrogens is 314 g/mol. The Morgan fingerprint density at radius 2 is 2.39 bits per heavy atom. The Kier molecular flexibility index (Phi) is 5.07. The number of thiazole rings is 1. The van der Waals surface area contributed by atoms with Crippen LogP contribution in [0.25, 0.3) is 0 Å². The van der Waals surface area contributed by atoms with E-state index in [0.29, 0.717) is 12.8 Å². The van der Waals surface area contributed by atoms with Gasteiger partial charge in [-0.1, -0.05) is 0 Å². The SMILES string of the molecule is COC(=O)CCc1cnc(N2CC[C@H](Oc3cccnc3)C2)s1. The van der Waals surface area contributed by atoms with E-state index in [1.807, 2.05) is 18.3 Å². The van der Waals surface area contributed by atoms with Crippen LogP contribution in [-0.2, 0) is 16.0 Å². The number of ether oxygens (including phenoxy) is 2. The van der Waals surface area contributed by atoms with Gasteiger partial charge in [-0.25, -0.2) is 4.98 Å². The Labute approximate surface area is 139 Å². The number of esters is 1. The van der Waals surface area contributed by atoms with Crippen molar-refractivity contribution in [3.05, 3.63) is 35.6 Å². The summed E-state index contributed by atoms with van der Waals surface area (Å²) in [6, 6.07) is 3.79. The molecule has 0 spiro atoms. The largest absolute Gasteiger partial charge is 0.487 e. The number of methoxy groups -OCH3 is 1. The van der Waals surface area contributed by atoms with Crippen LogP contribution in [0.3, 0.4) is 0 Å². The van der Waals surface area contributed by atoms with E-state index in [1.54, 1.807) is 23.7 Å². The number of pyridine rings is 1. The molecule has 0 aliphatic carbocycles. The zero-order valence-corrected chi connectivity index (χ0v) is 13.8. The van der Waals surface area contributed by atoms with Crippen LogP contribution in [0.15, 0.2) is 30.7 Å². The van der Waals surface area contributed by atoms with Crippen molar-refractivity contribution in [2.45, 2.75) is 25.4 Å². The third-order valence-electron chi connectivity index (χ3n) is 3.70. The molecule has 7 heteroatoms. The number of hydrogen-bond donors (Lipinski definition) is 0. The number of carbonyl (C=O) groups excluding carboxylic acids is 1. The second-order valence-corrected chi connectivity index (χ2v) is 6.44. The minimum absolute atomic E-state index is 0.154. The Bertz CT molecular complexity index is 647. The smallest absolute Gasteiger partial charge is 0.305 e. The summed E-state index contributed by atoms with van der Waals surface area (Å²) in [5.74, 6) is 0.614. The van der Waals surface area contributed by atoms with E-state index in [0.717, 1.165) is 35.3 Å². The van der Waals surface area contributed by atoms with Gasteiger partial charge in [0.15, 0.2) is 5.13 Å². The van der Waals surface area contributed by atoms with Crippen LogP contribution in [0.4, 0.5) is 5.13 Å². The van der Waals surface area contributed by atoms with Crippen molar-refractivity contribution >= 4 is 22.4 Å². The van der Waals surface area contributed by atoms with Crippen molar-refractivity contribution in [1.29, 1.82) is 0 Å². The molecule has 0 aromatic carbocycles. The number of nitrogens with zero attached hydrogens (tertiary/aromatic N) is 3. The molecule has 2 aromatic rings. The van der Waals surface area contributed by atoms with Crippen LogP contribution in [0.2, 0.25) is 0 Å². The van der Waals surface area contributed by atoms with Crippen LogP contribution in [0.1, 0.15) is 17.7 Å². The fraction of sp³-hybridized carbons (Fsp3) is 0.438. The minimum Gasteiger partial charge on any atom is -0.487 e. The molecule has 0 radical (unpaired) electrons. The molecule has 1 aliphatic rings. The molecule has 1 aliphatic heterocycles. The van der Waals surface area contributed by atoms with Gasteiger partial charge >= 0.3 is 5.97 Å². The van der Waals surface area contributed by atoms with E-state index < -0.39 is 0 Å². The molecule has 0 N–H and O–H groups in total. The van der Waals surface area contributed by atoms with E-state index in [9.17, 15) is 4.79 Å². The van der Waals surface area contributed by atoms with Gasteiger partial charge in [0.25, 0.3) is 0 Å². The highest BCUT2D eigenvalue weighted by atomic mass is 32.1. The summed E-state index contributed by atoms with van der Waals surface area (Å²) in [6.07, 6.45) is 7.50. The van der Waals surface area contributed by atoms with Crippen molar-refractivity contribution in [3.63, 3.8) is 0 Å². The third-order valence-corrected chi connectivity index (χ3v) is 4.82. The molecule has 3 rings (SSSR count). The maximum atomic E-state index is 11.2. The third kappa shape index (κ3) is 4.19. The lowest BCUT2D eigenvalue weighted by molar-refractivity contribution is -0.140. The lowest BCUT2D eigenvalue weighted by Crippen LogP contribution is -2.24. The highest BCUT2D eigenvalue weighted by Gasteiger charge is 2.26. The van der Waals surface area contributed by atoms with Gasteiger partial charge in [-0.3, -0.25) is 9.78 Å². The fourth-order valence-electron chi connectivity index (χ4n) is 2.49. The second-order valence-electron chi connectivity index (χ2n) is 5.35. The molecule has 0 amide bonds. The average molecular weight is 333 g/mol. The predicted molar refractivity (Wildman–Crippen MR) is 87.9 cm³/mol. The van der Waals surface area contributed by atoms with E-state index in [2.05, 4.69) is 19.6 Å². The van der Waals surface area contributed by atoms with Gasteiger partial charge in [0, 0.05) is 30.2 Å². The van der Waals surface area contributed by atoms with Crippen molar-refractivity contribution in [2.24, 2.45) is 0 Å². The summed E-state index contributed by atoms with van der Waals surface area (Å²) >= 11 is 1.63. The Hall–Kier alpha value is -2.15. The molecule has 1 atom stereocenters. The van der Waals surface area contributed by atoms with E-state index >= 15 is 0 Å². The molecule has 23 heavy (non-hydrogen) atoms. The number of carbonyl (C=O) groups is 1. The van der Waals surface area contributed by atoms with Crippen LogP contribution >= 0.6 is 11.3 Å². The summed E-state index contributed by atoms with van der Waals surface area (Å²) in [5, 5.41) is 0.988. The van der Waals surface area contributed by atoms with E-state index in [-0.39, 0.29) is 12.1 Å². The number of rotatable bonds is 6. The highest BCUT2D eigenvalue weighted by molar-refractivity contribution is 7.15. The van der Waals surface area contributed by atoms with Gasteiger partial charge < -0.3 is 14.4 Å². The number of hydrogen-bond acceptors (Lipinski definition) is 7. The summed E-state index contributed by atoms with van der Waals surface area (Å²) in [5.41, 5.74) is 0. The van der Waals surface area contributed by atoms with Gasteiger partial charge in [-0.2, -0.15) is 0 Å². The topological polar surface area (TPSA) is 64.5 Å². The summed E-state index contributed by atoms with van der Waals surface area (Å²) in [4.78, 5) is 23.1. The molecule has 2 aromatic heterocycles. The summed E-state index contributed by atoms with van der Waals surface area (Å²) in [6.45, 7) is 1.74. The second kappa shape index (κ2) is 7.41. The molecule has 3 heterocycles. The minimum atomic E-state index is -0.189. The molecule has 6 nitrogen and oxygen atoms in total. The number of anilines is 1. The summed E-state index contributed by atoms with van der Waals surface area (Å²) in [7, 11) is 1.41. The van der Waals surface area contributed by atoms with Gasteiger partial charge in [0.1, 0.15) is 11.9 Å². The van der Waals surface area contributed by atoms with E-state index in [4.69, 9.17) is 4.74 Å². The van der Waals surface area contributed by atoms with Crippen LogP contribution in [-0.4, -0.2) is 42.2 Å².